The minimum atomic E-state index is -4.45. The number of alkyl halides is 3. The lowest BCUT2D eigenvalue weighted by molar-refractivity contribution is -0.138. The molecule has 3 rings (SSSR count). The van der Waals surface area contributed by atoms with Crippen molar-refractivity contribution in [3.8, 4) is 0 Å². The molecule has 1 fully saturated rings. The van der Waals surface area contributed by atoms with Crippen molar-refractivity contribution in [2.75, 3.05) is 13.1 Å². The van der Waals surface area contributed by atoms with Crippen molar-refractivity contribution in [3.63, 3.8) is 0 Å². The normalized spacial score (nSPS) is 18.4. The largest absolute Gasteiger partial charge is 0.416 e. The number of aryl methyl sites for hydroxylation is 1. The zero-order valence-electron chi connectivity index (χ0n) is 18.7. The Labute approximate surface area is 192 Å². The van der Waals surface area contributed by atoms with Crippen molar-refractivity contribution in [2.24, 2.45) is 11.8 Å². The van der Waals surface area contributed by atoms with Gasteiger partial charge < -0.3 is 16.0 Å². The van der Waals surface area contributed by atoms with Gasteiger partial charge in [0.15, 0.2) is 0 Å². The molecule has 1 aliphatic carbocycles. The maximum Gasteiger partial charge on any atom is 0.416 e. The maximum atomic E-state index is 13.0. The second-order valence-electron chi connectivity index (χ2n) is 8.68. The number of hydrogen-bond acceptors (Lipinski definition) is 2. The first-order valence-corrected chi connectivity index (χ1v) is 11.2. The summed E-state index contributed by atoms with van der Waals surface area (Å²) < 4.78 is 39.1. The Bertz CT molecular complexity index is 954. The molecule has 0 atom stereocenters. The molecule has 8 heteroatoms. The van der Waals surface area contributed by atoms with Gasteiger partial charge in [-0.1, -0.05) is 35.9 Å². The van der Waals surface area contributed by atoms with E-state index in [0.29, 0.717) is 30.5 Å². The third-order valence-electron chi connectivity index (χ3n) is 6.11. The molecule has 0 bridgehead atoms. The van der Waals surface area contributed by atoms with Crippen molar-refractivity contribution in [3.05, 3.63) is 70.8 Å². The molecule has 33 heavy (non-hydrogen) atoms. The third-order valence-corrected chi connectivity index (χ3v) is 6.11. The van der Waals surface area contributed by atoms with E-state index < -0.39 is 17.8 Å². The first kappa shape index (κ1) is 24.6. The van der Waals surface area contributed by atoms with Gasteiger partial charge in [0.05, 0.1) is 5.56 Å². The lowest BCUT2D eigenvalue weighted by Gasteiger charge is -2.28. The molecule has 0 aliphatic heterocycles. The van der Waals surface area contributed by atoms with Gasteiger partial charge in [-0.15, -0.1) is 0 Å². The zero-order valence-corrected chi connectivity index (χ0v) is 18.7. The van der Waals surface area contributed by atoms with Gasteiger partial charge in [-0.25, -0.2) is 4.79 Å². The highest BCUT2D eigenvalue weighted by molar-refractivity contribution is 5.94. The molecule has 178 valence electrons. The molecule has 1 saturated carbocycles. The molecular formula is C25H30F3N3O2. The van der Waals surface area contributed by atoms with E-state index in [0.717, 1.165) is 37.3 Å². The highest BCUT2D eigenvalue weighted by Gasteiger charge is 2.32. The summed E-state index contributed by atoms with van der Waals surface area (Å²) in [5, 5.41) is 8.30. The summed E-state index contributed by atoms with van der Waals surface area (Å²) in [7, 11) is 0. The van der Waals surface area contributed by atoms with Crippen LogP contribution in [0.1, 0.15) is 52.7 Å². The van der Waals surface area contributed by atoms with Gasteiger partial charge in [0, 0.05) is 25.2 Å². The molecule has 0 spiro atoms. The Hall–Kier alpha value is -3.03. The number of urea groups is 1. The van der Waals surface area contributed by atoms with E-state index in [2.05, 4.69) is 16.0 Å². The van der Waals surface area contributed by atoms with Gasteiger partial charge in [-0.3, -0.25) is 4.79 Å². The lowest BCUT2D eigenvalue weighted by Crippen LogP contribution is -2.39. The van der Waals surface area contributed by atoms with Crippen LogP contribution in [-0.4, -0.2) is 25.0 Å². The minimum absolute atomic E-state index is 0.0355. The fraction of sp³-hybridized carbons (Fsp3) is 0.440. The molecule has 0 aromatic heterocycles. The quantitative estimate of drug-likeness (QED) is 0.540. The molecule has 5 nitrogen and oxygen atoms in total. The summed E-state index contributed by atoms with van der Waals surface area (Å²) in [6.45, 7) is 2.88. The van der Waals surface area contributed by atoms with Gasteiger partial charge in [0.2, 0.25) is 0 Å². The molecule has 3 amide bonds. The van der Waals surface area contributed by atoms with Gasteiger partial charge in [0.1, 0.15) is 0 Å². The van der Waals surface area contributed by atoms with Crippen LogP contribution in [0, 0.1) is 18.8 Å². The van der Waals surface area contributed by atoms with Crippen LogP contribution in [0.4, 0.5) is 18.0 Å². The summed E-state index contributed by atoms with van der Waals surface area (Å²) in [5.74, 6) is 0.663. The molecule has 0 unspecified atom stereocenters. The first-order valence-electron chi connectivity index (χ1n) is 11.2. The maximum absolute atomic E-state index is 13.0. The van der Waals surface area contributed by atoms with Crippen LogP contribution in [0.25, 0.3) is 0 Å². The standard InChI is InChI=1S/C25H30F3N3O2/c1-17-5-4-7-20(13-17)23(32)29-14-18-9-11-19(12-10-18)15-30-24(33)31-16-21-6-2-3-8-22(21)25(26,27)28/h2-8,13,18-19H,9-12,14-16H2,1H3,(H,29,32)(H2,30,31,33). The average Bonchev–Trinajstić information content (AvgIpc) is 2.80. The highest BCUT2D eigenvalue weighted by Crippen LogP contribution is 2.32. The Morgan fingerprint density at radius 1 is 0.879 bits per heavy atom. The van der Waals surface area contributed by atoms with Crippen LogP contribution < -0.4 is 16.0 Å². The van der Waals surface area contributed by atoms with E-state index in [1.807, 2.05) is 25.1 Å². The SMILES string of the molecule is Cc1cccc(C(=O)NCC2CCC(CNC(=O)NCc3ccccc3C(F)(F)F)CC2)c1. The molecule has 0 heterocycles. The van der Waals surface area contributed by atoms with E-state index in [9.17, 15) is 22.8 Å². The van der Waals surface area contributed by atoms with E-state index in [4.69, 9.17) is 0 Å². The predicted octanol–water partition coefficient (Wildman–Crippen LogP) is 5.05. The summed E-state index contributed by atoms with van der Waals surface area (Å²) in [6.07, 6.45) is -0.667. The van der Waals surface area contributed by atoms with E-state index in [1.165, 1.54) is 18.2 Å². The molecule has 0 saturated heterocycles. The van der Waals surface area contributed by atoms with Crippen LogP contribution in [0.2, 0.25) is 0 Å². The number of rotatable bonds is 7. The fourth-order valence-corrected chi connectivity index (χ4v) is 4.19. The molecule has 2 aromatic rings. The monoisotopic (exact) mass is 461 g/mol. The number of halogens is 3. The zero-order chi connectivity index (χ0) is 23.8. The summed E-state index contributed by atoms with van der Waals surface area (Å²) in [6, 6.07) is 12.2. The van der Waals surface area contributed by atoms with E-state index >= 15 is 0 Å². The Kier molecular flexibility index (Phi) is 8.36. The lowest BCUT2D eigenvalue weighted by atomic mass is 9.82. The average molecular weight is 462 g/mol. The van der Waals surface area contributed by atoms with E-state index in [-0.39, 0.29) is 18.0 Å². The highest BCUT2D eigenvalue weighted by atomic mass is 19.4. The number of carbonyl (C=O) groups excluding carboxylic acids is 2. The van der Waals surface area contributed by atoms with Crippen LogP contribution in [0.3, 0.4) is 0 Å². The van der Waals surface area contributed by atoms with Gasteiger partial charge >= 0.3 is 12.2 Å². The first-order chi connectivity index (χ1) is 15.7. The molecule has 1 aliphatic rings. The third kappa shape index (κ3) is 7.51. The number of benzene rings is 2. The smallest absolute Gasteiger partial charge is 0.352 e. The summed E-state index contributed by atoms with van der Waals surface area (Å²) in [5.41, 5.74) is 1.01. The number of amides is 3. The molecule has 2 aromatic carbocycles. The second kappa shape index (κ2) is 11.2. The van der Waals surface area contributed by atoms with Crippen molar-refractivity contribution < 1.29 is 22.8 Å². The van der Waals surface area contributed by atoms with Gasteiger partial charge in [0.25, 0.3) is 5.91 Å². The second-order valence-corrected chi connectivity index (χ2v) is 8.68. The number of carbonyl (C=O) groups is 2. The van der Waals surface area contributed by atoms with E-state index in [1.54, 1.807) is 6.07 Å². The van der Waals surface area contributed by atoms with Crippen molar-refractivity contribution in [1.29, 1.82) is 0 Å². The Balaban J connectivity index is 1.34. The Morgan fingerprint density at radius 2 is 1.52 bits per heavy atom. The summed E-state index contributed by atoms with van der Waals surface area (Å²) >= 11 is 0. The number of hydrogen-bond donors (Lipinski definition) is 3. The van der Waals surface area contributed by atoms with Gasteiger partial charge in [-0.2, -0.15) is 13.2 Å². The molecule has 0 radical (unpaired) electrons. The topological polar surface area (TPSA) is 70.2 Å². The summed E-state index contributed by atoms with van der Waals surface area (Å²) in [4.78, 5) is 24.4. The minimum Gasteiger partial charge on any atom is -0.352 e. The molecule has 3 N–H and O–H groups in total. The van der Waals surface area contributed by atoms with Gasteiger partial charge in [-0.05, 0) is 68.2 Å². The van der Waals surface area contributed by atoms with Crippen molar-refractivity contribution in [1.82, 2.24) is 16.0 Å². The number of nitrogens with one attached hydrogen (secondary N) is 3. The molecular weight excluding hydrogens is 431 g/mol. The Morgan fingerprint density at radius 3 is 2.15 bits per heavy atom. The van der Waals surface area contributed by atoms with Crippen LogP contribution in [0.15, 0.2) is 48.5 Å². The van der Waals surface area contributed by atoms with Crippen molar-refractivity contribution >= 4 is 11.9 Å². The predicted molar refractivity (Wildman–Crippen MR) is 121 cm³/mol. The van der Waals surface area contributed by atoms with Crippen molar-refractivity contribution in [2.45, 2.75) is 45.3 Å². The van der Waals surface area contributed by atoms with Crippen LogP contribution in [0.5, 0.6) is 0 Å². The van der Waals surface area contributed by atoms with Crippen LogP contribution >= 0.6 is 0 Å². The van der Waals surface area contributed by atoms with Crippen LogP contribution in [-0.2, 0) is 12.7 Å². The fourth-order valence-electron chi connectivity index (χ4n) is 4.19.